The van der Waals surface area contributed by atoms with Crippen LogP contribution in [0.1, 0.15) is 46.0 Å². The second-order valence-corrected chi connectivity index (χ2v) is 8.54. The van der Waals surface area contributed by atoms with E-state index in [1.807, 2.05) is 0 Å². The smallest absolute Gasteiger partial charge is 0.191 e. The summed E-state index contributed by atoms with van der Waals surface area (Å²) >= 11 is 0. The molecule has 0 saturated heterocycles. The molecule has 144 valence electrons. The standard InChI is InChI=1S/C16H33N3O3S.HI/c1-4-14-7-6-8-15(13-14)19-16(17-5-2)18-9-10-22-11-12-23(3,20)21;/h14-15H,4-13H2,1-3H3,(H2,17,18,19);1H. The molecular weight excluding hydrogens is 441 g/mol. The summed E-state index contributed by atoms with van der Waals surface area (Å²) in [5, 5.41) is 6.79. The lowest BCUT2D eigenvalue weighted by atomic mass is 9.84. The third-order valence-corrected chi connectivity index (χ3v) is 5.06. The van der Waals surface area contributed by atoms with Gasteiger partial charge in [0.1, 0.15) is 9.84 Å². The van der Waals surface area contributed by atoms with Crippen LogP contribution in [0.2, 0.25) is 0 Å². The van der Waals surface area contributed by atoms with Gasteiger partial charge in [0.2, 0.25) is 0 Å². The average Bonchev–Trinajstić information content (AvgIpc) is 2.50. The molecule has 0 radical (unpaired) electrons. The molecule has 2 unspecified atom stereocenters. The summed E-state index contributed by atoms with van der Waals surface area (Å²) in [6.07, 6.45) is 7.51. The maximum absolute atomic E-state index is 11.0. The van der Waals surface area contributed by atoms with Gasteiger partial charge in [-0.3, -0.25) is 4.99 Å². The number of aliphatic imine (C=N–C) groups is 1. The molecule has 8 heteroatoms. The first-order valence-electron chi connectivity index (χ1n) is 8.75. The Bertz CT molecular complexity index is 457. The van der Waals surface area contributed by atoms with E-state index in [-0.39, 0.29) is 36.3 Å². The van der Waals surface area contributed by atoms with Crippen molar-refractivity contribution in [3.63, 3.8) is 0 Å². The lowest BCUT2D eigenvalue weighted by molar-refractivity contribution is 0.157. The molecule has 24 heavy (non-hydrogen) atoms. The number of nitrogens with one attached hydrogen (secondary N) is 2. The molecule has 0 bridgehead atoms. The van der Waals surface area contributed by atoms with Crippen LogP contribution in [0.3, 0.4) is 0 Å². The Balaban J connectivity index is 0.00000529. The van der Waals surface area contributed by atoms with E-state index >= 15 is 0 Å². The molecule has 0 spiro atoms. The number of nitrogens with zero attached hydrogens (tertiary/aromatic N) is 1. The molecule has 1 aliphatic carbocycles. The van der Waals surface area contributed by atoms with Crippen LogP contribution in [0, 0.1) is 5.92 Å². The number of hydrogen-bond donors (Lipinski definition) is 2. The highest BCUT2D eigenvalue weighted by Gasteiger charge is 2.21. The van der Waals surface area contributed by atoms with Gasteiger partial charge >= 0.3 is 0 Å². The highest BCUT2D eigenvalue weighted by atomic mass is 127. The van der Waals surface area contributed by atoms with Crippen molar-refractivity contribution >= 4 is 39.8 Å². The van der Waals surface area contributed by atoms with E-state index in [4.69, 9.17) is 4.74 Å². The first-order valence-corrected chi connectivity index (χ1v) is 10.8. The minimum Gasteiger partial charge on any atom is -0.378 e. The van der Waals surface area contributed by atoms with Gasteiger partial charge in [-0.25, -0.2) is 8.42 Å². The third-order valence-electron chi connectivity index (χ3n) is 4.15. The Morgan fingerprint density at radius 2 is 2.00 bits per heavy atom. The van der Waals surface area contributed by atoms with Crippen LogP contribution < -0.4 is 10.6 Å². The minimum absolute atomic E-state index is 0. The van der Waals surface area contributed by atoms with Crippen molar-refractivity contribution in [1.29, 1.82) is 0 Å². The monoisotopic (exact) mass is 475 g/mol. The molecular formula is C16H34IN3O3S. The van der Waals surface area contributed by atoms with Crippen LogP contribution in [0.4, 0.5) is 0 Å². The Hall–Kier alpha value is -0.0900. The summed E-state index contributed by atoms with van der Waals surface area (Å²) in [6, 6.07) is 0.498. The molecule has 1 rings (SSSR count). The molecule has 0 heterocycles. The lowest BCUT2D eigenvalue weighted by Gasteiger charge is -2.30. The van der Waals surface area contributed by atoms with Gasteiger partial charge < -0.3 is 15.4 Å². The number of hydrogen-bond acceptors (Lipinski definition) is 4. The van der Waals surface area contributed by atoms with Crippen LogP contribution in [0.25, 0.3) is 0 Å². The maximum atomic E-state index is 11.0. The number of sulfone groups is 1. The van der Waals surface area contributed by atoms with Crippen LogP contribution >= 0.6 is 24.0 Å². The molecule has 2 atom stereocenters. The molecule has 0 aromatic rings. The highest BCUT2D eigenvalue weighted by molar-refractivity contribution is 14.0. The highest BCUT2D eigenvalue weighted by Crippen LogP contribution is 2.26. The van der Waals surface area contributed by atoms with Gasteiger partial charge in [0.05, 0.1) is 25.5 Å². The first-order chi connectivity index (χ1) is 10.9. The summed E-state index contributed by atoms with van der Waals surface area (Å²) < 4.78 is 27.3. The second-order valence-electron chi connectivity index (χ2n) is 6.29. The normalized spacial score (nSPS) is 21.9. The molecule has 1 aliphatic rings. The molecule has 1 fully saturated rings. The van der Waals surface area contributed by atoms with Crippen molar-refractivity contribution in [3.8, 4) is 0 Å². The van der Waals surface area contributed by atoms with Crippen molar-refractivity contribution in [2.45, 2.75) is 52.0 Å². The van der Waals surface area contributed by atoms with E-state index in [2.05, 4.69) is 29.5 Å². The van der Waals surface area contributed by atoms with E-state index in [9.17, 15) is 8.42 Å². The molecule has 0 amide bonds. The predicted octanol–water partition coefficient (Wildman–Crippen LogP) is 2.19. The van der Waals surface area contributed by atoms with Crippen molar-refractivity contribution in [2.75, 3.05) is 38.3 Å². The quantitative estimate of drug-likeness (QED) is 0.231. The van der Waals surface area contributed by atoms with Gasteiger partial charge in [-0.1, -0.05) is 26.2 Å². The summed E-state index contributed by atoms with van der Waals surface area (Å²) in [7, 11) is -2.95. The lowest BCUT2D eigenvalue weighted by Crippen LogP contribution is -2.45. The SMILES string of the molecule is CCNC(=NCCOCCS(C)(=O)=O)NC1CCCC(CC)C1.I. The van der Waals surface area contributed by atoms with Crippen molar-refractivity contribution in [1.82, 2.24) is 10.6 Å². The Labute approximate surface area is 164 Å². The van der Waals surface area contributed by atoms with Gasteiger partial charge in [-0.2, -0.15) is 0 Å². The van der Waals surface area contributed by atoms with Crippen LogP contribution in [-0.2, 0) is 14.6 Å². The molecule has 0 aliphatic heterocycles. The Morgan fingerprint density at radius 1 is 1.25 bits per heavy atom. The van der Waals surface area contributed by atoms with Gasteiger partial charge in [-0.15, -0.1) is 24.0 Å². The van der Waals surface area contributed by atoms with Crippen LogP contribution in [0.5, 0.6) is 0 Å². The minimum atomic E-state index is -2.95. The van der Waals surface area contributed by atoms with Gasteiger partial charge in [0, 0.05) is 18.8 Å². The van der Waals surface area contributed by atoms with Crippen molar-refractivity contribution in [3.05, 3.63) is 0 Å². The van der Waals surface area contributed by atoms with Crippen molar-refractivity contribution in [2.24, 2.45) is 10.9 Å². The molecule has 0 aromatic carbocycles. The summed E-state index contributed by atoms with van der Waals surface area (Å²) in [6.45, 7) is 6.34. The first kappa shape index (κ1) is 23.9. The predicted molar refractivity (Wildman–Crippen MR) is 111 cm³/mol. The molecule has 0 aromatic heterocycles. The van der Waals surface area contributed by atoms with E-state index in [1.54, 1.807) is 0 Å². The largest absolute Gasteiger partial charge is 0.378 e. The van der Waals surface area contributed by atoms with Gasteiger partial charge in [0.15, 0.2) is 5.96 Å². The van der Waals surface area contributed by atoms with E-state index in [1.165, 1.54) is 38.4 Å². The average molecular weight is 475 g/mol. The summed E-state index contributed by atoms with van der Waals surface area (Å²) in [5.41, 5.74) is 0. The number of ether oxygens (including phenoxy) is 1. The number of guanidine groups is 1. The molecule has 2 N–H and O–H groups in total. The van der Waals surface area contributed by atoms with Crippen LogP contribution in [0.15, 0.2) is 4.99 Å². The Morgan fingerprint density at radius 3 is 2.62 bits per heavy atom. The van der Waals surface area contributed by atoms with E-state index in [0.717, 1.165) is 18.4 Å². The van der Waals surface area contributed by atoms with Crippen molar-refractivity contribution < 1.29 is 13.2 Å². The zero-order valence-electron chi connectivity index (χ0n) is 15.2. The van der Waals surface area contributed by atoms with Crippen LogP contribution in [-0.4, -0.2) is 58.7 Å². The number of rotatable bonds is 9. The van der Waals surface area contributed by atoms with Gasteiger partial charge in [-0.05, 0) is 25.7 Å². The summed E-state index contributed by atoms with van der Waals surface area (Å²) in [5.74, 6) is 1.72. The second kappa shape index (κ2) is 13.2. The fraction of sp³-hybridized carbons (Fsp3) is 0.938. The zero-order chi connectivity index (χ0) is 17.1. The summed E-state index contributed by atoms with van der Waals surface area (Å²) in [4.78, 5) is 4.51. The van der Waals surface area contributed by atoms with Gasteiger partial charge in [0.25, 0.3) is 0 Å². The Kier molecular flexibility index (Phi) is 13.1. The number of halogens is 1. The molecule has 1 saturated carbocycles. The molecule has 6 nitrogen and oxygen atoms in total. The third kappa shape index (κ3) is 11.5. The zero-order valence-corrected chi connectivity index (χ0v) is 18.4. The fourth-order valence-electron chi connectivity index (χ4n) is 2.84. The fourth-order valence-corrected chi connectivity index (χ4v) is 3.26. The topological polar surface area (TPSA) is 79.8 Å². The maximum Gasteiger partial charge on any atom is 0.191 e. The van der Waals surface area contributed by atoms with E-state index < -0.39 is 9.84 Å². The van der Waals surface area contributed by atoms with E-state index in [0.29, 0.717) is 19.2 Å².